The molecule has 16 heavy (non-hydrogen) atoms. The van der Waals surface area contributed by atoms with Gasteiger partial charge in [-0.05, 0) is 43.7 Å². The van der Waals surface area contributed by atoms with Crippen molar-refractivity contribution >= 4 is 11.8 Å². The van der Waals surface area contributed by atoms with Crippen molar-refractivity contribution in [1.29, 1.82) is 0 Å². The van der Waals surface area contributed by atoms with E-state index in [1.807, 2.05) is 12.3 Å². The van der Waals surface area contributed by atoms with Gasteiger partial charge in [0.1, 0.15) is 11.9 Å². The lowest BCUT2D eigenvalue weighted by Crippen LogP contribution is -2.34. The Balaban J connectivity index is 1.85. The van der Waals surface area contributed by atoms with Crippen molar-refractivity contribution in [2.75, 3.05) is 0 Å². The van der Waals surface area contributed by atoms with Gasteiger partial charge in [-0.2, -0.15) is 0 Å². The summed E-state index contributed by atoms with van der Waals surface area (Å²) in [6.45, 7) is 0. The van der Waals surface area contributed by atoms with E-state index in [-0.39, 0.29) is 0 Å². The van der Waals surface area contributed by atoms with Gasteiger partial charge in [0.25, 0.3) is 0 Å². The molecule has 2 heteroatoms. The summed E-state index contributed by atoms with van der Waals surface area (Å²) in [6, 6.07) is 4.16. The van der Waals surface area contributed by atoms with Crippen LogP contribution < -0.4 is 10.6 Å². The first kappa shape index (κ1) is 8.80. The molecule has 2 heterocycles. The van der Waals surface area contributed by atoms with Gasteiger partial charge >= 0.3 is 0 Å². The minimum absolute atomic E-state index is 0.500. The summed E-state index contributed by atoms with van der Waals surface area (Å²) in [6.07, 6.45) is 9.71. The maximum Gasteiger partial charge on any atom is 0.109 e. The van der Waals surface area contributed by atoms with Crippen molar-refractivity contribution in [1.82, 2.24) is 4.98 Å². The number of nitrogens with zero attached hydrogens (tertiary/aromatic N) is 1. The molecule has 0 N–H and O–H groups in total. The maximum absolute atomic E-state index is 6.17. The Morgan fingerprint density at radius 2 is 2.25 bits per heavy atom. The van der Waals surface area contributed by atoms with Crippen LogP contribution in [-0.4, -0.2) is 11.1 Å². The summed E-state index contributed by atoms with van der Waals surface area (Å²) >= 11 is 0. The van der Waals surface area contributed by atoms with Crippen LogP contribution in [0.2, 0.25) is 0 Å². The molecule has 1 aromatic heterocycles. The van der Waals surface area contributed by atoms with Gasteiger partial charge in [-0.3, -0.25) is 4.98 Å². The van der Waals surface area contributed by atoms with Gasteiger partial charge in [-0.15, -0.1) is 0 Å². The van der Waals surface area contributed by atoms with Crippen LogP contribution in [-0.2, 0) is 4.74 Å². The van der Waals surface area contributed by atoms with Gasteiger partial charge < -0.3 is 4.74 Å². The lowest BCUT2D eigenvalue weighted by Gasteiger charge is -2.11. The van der Waals surface area contributed by atoms with Gasteiger partial charge in [-0.25, -0.2) is 0 Å². The van der Waals surface area contributed by atoms with E-state index in [1.165, 1.54) is 30.2 Å². The van der Waals surface area contributed by atoms with Crippen LogP contribution in [0.15, 0.2) is 18.3 Å². The van der Waals surface area contributed by atoms with E-state index in [9.17, 15) is 0 Å². The zero-order chi connectivity index (χ0) is 10.5. The SMILES string of the molecule is C1=c2ncccc2=C2OC(C3CC3)CC2C1. The molecule has 0 amide bonds. The summed E-state index contributed by atoms with van der Waals surface area (Å²) in [5, 5.41) is 2.35. The number of aromatic nitrogens is 1. The maximum atomic E-state index is 6.17. The zero-order valence-electron chi connectivity index (χ0n) is 9.23. The van der Waals surface area contributed by atoms with Gasteiger partial charge in [0.2, 0.25) is 0 Å². The summed E-state index contributed by atoms with van der Waals surface area (Å²) in [4.78, 5) is 4.41. The first-order valence-corrected chi connectivity index (χ1v) is 6.24. The molecule has 0 radical (unpaired) electrons. The molecule has 1 aliphatic heterocycles. The lowest BCUT2D eigenvalue weighted by molar-refractivity contribution is 0.175. The second-order valence-corrected chi connectivity index (χ2v) is 5.17. The van der Waals surface area contributed by atoms with Crippen molar-refractivity contribution < 1.29 is 4.74 Å². The van der Waals surface area contributed by atoms with Crippen LogP contribution in [0, 0.1) is 11.8 Å². The standard InChI is InChI=1S/C14H15NO/c1-2-11-12(15-7-1)6-5-10-8-13(9-3-4-9)16-14(10)11/h1-2,6-7,9-10,13H,3-5,8H2. The van der Waals surface area contributed by atoms with E-state index >= 15 is 0 Å². The van der Waals surface area contributed by atoms with Crippen LogP contribution >= 0.6 is 0 Å². The fourth-order valence-corrected chi connectivity index (χ4v) is 2.98. The molecule has 2 fully saturated rings. The Bertz CT molecular complexity index is 544. The van der Waals surface area contributed by atoms with Crippen molar-refractivity contribution in [3.05, 3.63) is 28.9 Å². The Kier molecular flexibility index (Phi) is 1.70. The summed E-state index contributed by atoms with van der Waals surface area (Å²) < 4.78 is 6.17. The molecule has 3 aliphatic rings. The highest BCUT2D eigenvalue weighted by Gasteiger charge is 2.41. The number of rotatable bonds is 1. The fraction of sp³-hybridized carbons (Fsp3) is 0.500. The molecule has 1 aromatic rings. The largest absolute Gasteiger partial charge is 0.493 e. The van der Waals surface area contributed by atoms with Gasteiger partial charge in [0.15, 0.2) is 0 Å². The fourth-order valence-electron chi connectivity index (χ4n) is 2.98. The van der Waals surface area contributed by atoms with Crippen LogP contribution in [0.25, 0.3) is 11.8 Å². The van der Waals surface area contributed by atoms with Gasteiger partial charge in [0.05, 0.1) is 5.35 Å². The molecule has 1 saturated heterocycles. The first-order chi connectivity index (χ1) is 7.92. The predicted octanol–water partition coefficient (Wildman–Crippen LogP) is 1.19. The third-order valence-corrected chi connectivity index (χ3v) is 4.01. The zero-order valence-corrected chi connectivity index (χ0v) is 9.23. The van der Waals surface area contributed by atoms with Crippen LogP contribution in [0.5, 0.6) is 0 Å². The molecule has 2 aliphatic carbocycles. The van der Waals surface area contributed by atoms with Gasteiger partial charge in [0, 0.05) is 17.3 Å². The molecular formula is C14H15NO. The summed E-state index contributed by atoms with van der Waals surface area (Å²) in [5.41, 5.74) is 0. The Morgan fingerprint density at radius 3 is 3.12 bits per heavy atom. The van der Waals surface area contributed by atoms with E-state index in [4.69, 9.17) is 4.74 Å². The van der Waals surface area contributed by atoms with Crippen molar-refractivity contribution in [3.8, 4) is 0 Å². The highest BCUT2D eigenvalue weighted by Crippen LogP contribution is 2.45. The van der Waals surface area contributed by atoms with E-state index in [0.29, 0.717) is 12.0 Å². The Hall–Kier alpha value is -1.31. The molecule has 0 spiro atoms. The number of fused-ring (bicyclic) bond motifs is 2. The average molecular weight is 213 g/mol. The molecule has 2 nitrogen and oxygen atoms in total. The lowest BCUT2D eigenvalue weighted by atomic mass is 9.93. The highest BCUT2D eigenvalue weighted by molar-refractivity contribution is 5.49. The van der Waals surface area contributed by atoms with E-state index in [2.05, 4.69) is 17.1 Å². The summed E-state index contributed by atoms with van der Waals surface area (Å²) in [5.74, 6) is 2.70. The number of hydrogen-bond donors (Lipinski definition) is 0. The minimum Gasteiger partial charge on any atom is -0.493 e. The van der Waals surface area contributed by atoms with Crippen molar-refractivity contribution in [3.63, 3.8) is 0 Å². The molecule has 0 bridgehead atoms. The summed E-state index contributed by atoms with van der Waals surface area (Å²) in [7, 11) is 0. The molecule has 82 valence electrons. The quantitative estimate of drug-likeness (QED) is 0.699. The van der Waals surface area contributed by atoms with E-state index in [0.717, 1.165) is 17.7 Å². The van der Waals surface area contributed by atoms with E-state index < -0.39 is 0 Å². The van der Waals surface area contributed by atoms with Gasteiger partial charge in [-0.1, -0.05) is 6.08 Å². The Morgan fingerprint density at radius 1 is 1.31 bits per heavy atom. The molecule has 0 aromatic carbocycles. The third kappa shape index (κ3) is 1.22. The minimum atomic E-state index is 0.500. The van der Waals surface area contributed by atoms with Crippen LogP contribution in [0.4, 0.5) is 0 Å². The topological polar surface area (TPSA) is 22.1 Å². The van der Waals surface area contributed by atoms with Crippen LogP contribution in [0.3, 0.4) is 0 Å². The number of pyridine rings is 1. The molecular weight excluding hydrogens is 198 g/mol. The molecule has 1 saturated carbocycles. The average Bonchev–Trinajstić information content (AvgIpc) is 3.08. The Labute approximate surface area is 94.7 Å². The highest BCUT2D eigenvalue weighted by atomic mass is 16.5. The normalized spacial score (nSPS) is 31.4. The first-order valence-electron chi connectivity index (χ1n) is 6.24. The smallest absolute Gasteiger partial charge is 0.109 e. The second-order valence-electron chi connectivity index (χ2n) is 5.17. The molecule has 2 atom stereocenters. The molecule has 2 unspecified atom stereocenters. The predicted molar refractivity (Wildman–Crippen MR) is 61.7 cm³/mol. The van der Waals surface area contributed by atoms with Crippen molar-refractivity contribution in [2.45, 2.75) is 31.8 Å². The van der Waals surface area contributed by atoms with Crippen molar-refractivity contribution in [2.24, 2.45) is 11.8 Å². The number of hydrogen-bond acceptors (Lipinski definition) is 2. The second kappa shape index (κ2) is 3.09. The monoisotopic (exact) mass is 213 g/mol. The molecule has 4 rings (SSSR count). The van der Waals surface area contributed by atoms with E-state index in [1.54, 1.807) is 0 Å². The van der Waals surface area contributed by atoms with Crippen LogP contribution in [0.1, 0.15) is 25.7 Å². The number of ether oxygens (including phenoxy) is 1. The third-order valence-electron chi connectivity index (χ3n) is 4.01.